The summed E-state index contributed by atoms with van der Waals surface area (Å²) in [5, 5.41) is 8.40. The molecule has 4 heterocycles. The molecule has 31 heavy (non-hydrogen) atoms. The zero-order valence-corrected chi connectivity index (χ0v) is 16.5. The maximum absolute atomic E-state index is 13.4. The van der Waals surface area contributed by atoms with E-state index in [1.165, 1.54) is 4.90 Å². The van der Waals surface area contributed by atoms with E-state index < -0.39 is 29.8 Å². The predicted molar refractivity (Wildman–Crippen MR) is 109 cm³/mol. The minimum Gasteiger partial charge on any atom is -0.357 e. The van der Waals surface area contributed by atoms with Crippen LogP contribution in [0.25, 0.3) is 0 Å². The number of azo groups is 1. The van der Waals surface area contributed by atoms with Gasteiger partial charge >= 0.3 is 0 Å². The van der Waals surface area contributed by atoms with Gasteiger partial charge in [-0.2, -0.15) is 10.2 Å². The first-order valence-corrected chi connectivity index (χ1v) is 10.2. The van der Waals surface area contributed by atoms with E-state index >= 15 is 0 Å². The summed E-state index contributed by atoms with van der Waals surface area (Å²) in [5.41, 5.74) is 0.831. The van der Waals surface area contributed by atoms with Gasteiger partial charge in [-0.15, -0.1) is 0 Å². The molecule has 6 rings (SSSR count). The van der Waals surface area contributed by atoms with E-state index in [1.54, 1.807) is 24.3 Å². The van der Waals surface area contributed by atoms with Crippen molar-refractivity contribution in [1.29, 1.82) is 0 Å². The van der Waals surface area contributed by atoms with Crippen LogP contribution < -0.4 is 4.90 Å². The second-order valence-electron chi connectivity index (χ2n) is 7.94. The molecule has 4 aliphatic heterocycles. The van der Waals surface area contributed by atoms with Crippen LogP contribution in [0.1, 0.15) is 0 Å². The molecule has 2 bridgehead atoms. The van der Waals surface area contributed by atoms with Crippen LogP contribution in [-0.2, 0) is 23.8 Å². The summed E-state index contributed by atoms with van der Waals surface area (Å²) in [5.74, 6) is -1.78. The molecule has 2 aromatic rings. The highest BCUT2D eigenvalue weighted by molar-refractivity contribution is 6.23. The Hall–Kier alpha value is -3.20. The first kappa shape index (κ1) is 18.6. The first-order valence-electron chi connectivity index (χ1n) is 10.2. The molecule has 0 aliphatic carbocycles. The van der Waals surface area contributed by atoms with E-state index in [0.29, 0.717) is 24.6 Å². The minimum atomic E-state index is -1.04. The van der Waals surface area contributed by atoms with Crippen LogP contribution in [0, 0.1) is 11.8 Å². The SMILES string of the molecule is O=C1[C@H]2[C@@H](C(=O)N1c1ccc(N=Nc3ccccc3)cc1)[C@@]1(C3OCCO3)C=C[C@H]2O1. The van der Waals surface area contributed by atoms with Crippen molar-refractivity contribution in [2.45, 2.75) is 18.0 Å². The van der Waals surface area contributed by atoms with Crippen molar-refractivity contribution in [3.8, 4) is 0 Å². The van der Waals surface area contributed by atoms with Crippen LogP contribution >= 0.6 is 0 Å². The van der Waals surface area contributed by atoms with Gasteiger partial charge in [0.15, 0.2) is 11.9 Å². The number of carbonyl (C=O) groups is 2. The topological polar surface area (TPSA) is 89.8 Å². The van der Waals surface area contributed by atoms with Gasteiger partial charge in [0.05, 0.1) is 48.2 Å². The van der Waals surface area contributed by atoms with Crippen molar-refractivity contribution in [3.63, 3.8) is 0 Å². The van der Waals surface area contributed by atoms with Gasteiger partial charge in [-0.25, -0.2) is 4.90 Å². The fourth-order valence-electron chi connectivity index (χ4n) is 4.86. The number of hydrogen-bond donors (Lipinski definition) is 0. The van der Waals surface area contributed by atoms with Gasteiger partial charge in [0, 0.05) is 0 Å². The Morgan fingerprint density at radius 2 is 1.55 bits per heavy atom. The van der Waals surface area contributed by atoms with Crippen LogP contribution in [0.3, 0.4) is 0 Å². The van der Waals surface area contributed by atoms with Crippen LogP contribution in [0.4, 0.5) is 17.1 Å². The fourth-order valence-corrected chi connectivity index (χ4v) is 4.86. The largest absolute Gasteiger partial charge is 0.357 e. The van der Waals surface area contributed by atoms with Gasteiger partial charge in [0.25, 0.3) is 0 Å². The van der Waals surface area contributed by atoms with Crippen LogP contribution in [0.15, 0.2) is 77.0 Å². The molecule has 0 N–H and O–H groups in total. The van der Waals surface area contributed by atoms with Crippen LogP contribution in [0.2, 0.25) is 0 Å². The summed E-state index contributed by atoms with van der Waals surface area (Å²) in [6.07, 6.45) is 2.55. The van der Waals surface area contributed by atoms with E-state index in [4.69, 9.17) is 14.2 Å². The van der Waals surface area contributed by atoms with Crippen molar-refractivity contribution in [2.75, 3.05) is 18.1 Å². The monoisotopic (exact) mass is 417 g/mol. The number of ether oxygens (including phenoxy) is 3. The van der Waals surface area contributed by atoms with Crippen LogP contribution in [-0.4, -0.2) is 43.0 Å². The average Bonchev–Trinajstić information content (AvgIpc) is 3.58. The molecule has 0 unspecified atom stereocenters. The number of anilines is 1. The molecule has 4 atom stereocenters. The Kier molecular flexibility index (Phi) is 4.14. The summed E-state index contributed by atoms with van der Waals surface area (Å²) in [4.78, 5) is 27.8. The Labute approximate surface area is 178 Å². The molecule has 2 aromatic carbocycles. The number of imide groups is 1. The van der Waals surface area contributed by atoms with Crippen LogP contribution in [0.5, 0.6) is 0 Å². The number of carbonyl (C=O) groups excluding carboxylic acids is 2. The fraction of sp³-hybridized carbons (Fsp3) is 0.304. The third-order valence-corrected chi connectivity index (χ3v) is 6.21. The molecule has 2 amide bonds. The molecule has 156 valence electrons. The van der Waals surface area contributed by atoms with Gasteiger partial charge in [-0.05, 0) is 42.5 Å². The van der Waals surface area contributed by atoms with Crippen molar-refractivity contribution in [3.05, 3.63) is 66.7 Å². The molecule has 0 spiro atoms. The van der Waals surface area contributed by atoms with E-state index in [0.717, 1.165) is 5.69 Å². The lowest BCUT2D eigenvalue weighted by molar-refractivity contribution is -0.180. The van der Waals surface area contributed by atoms with Crippen molar-refractivity contribution < 1.29 is 23.8 Å². The van der Waals surface area contributed by atoms with E-state index in [1.807, 2.05) is 42.5 Å². The van der Waals surface area contributed by atoms with Gasteiger partial charge < -0.3 is 14.2 Å². The van der Waals surface area contributed by atoms with Gasteiger partial charge in [-0.1, -0.05) is 24.3 Å². The number of hydrogen-bond acceptors (Lipinski definition) is 7. The summed E-state index contributed by atoms with van der Waals surface area (Å²) >= 11 is 0. The lowest BCUT2D eigenvalue weighted by Crippen LogP contribution is -2.49. The second-order valence-corrected chi connectivity index (χ2v) is 7.94. The maximum Gasteiger partial charge on any atom is 0.241 e. The van der Waals surface area contributed by atoms with Crippen molar-refractivity contribution in [1.82, 2.24) is 0 Å². The van der Waals surface area contributed by atoms with Gasteiger partial charge in [-0.3, -0.25) is 9.59 Å². The molecule has 8 nitrogen and oxygen atoms in total. The van der Waals surface area contributed by atoms with Gasteiger partial charge in [0.1, 0.15) is 0 Å². The molecule has 3 fully saturated rings. The van der Waals surface area contributed by atoms with E-state index in [-0.39, 0.29) is 11.8 Å². The van der Waals surface area contributed by atoms with Crippen molar-refractivity contribution >= 4 is 28.9 Å². The highest BCUT2D eigenvalue weighted by atomic mass is 16.7. The standard InChI is InChI=1S/C23H19N3O5/c27-20-18-17-10-11-23(31-17,22-29-12-13-30-22)19(18)21(28)26(20)16-8-6-15(7-9-16)25-24-14-4-2-1-3-5-14/h1-11,17-19,22H,12-13H2/t17-,18-,19+,23-/m1/s1. The molecular formula is C23H19N3O5. The summed E-state index contributed by atoms with van der Waals surface area (Å²) in [7, 11) is 0. The Morgan fingerprint density at radius 3 is 2.26 bits per heavy atom. The first-order chi connectivity index (χ1) is 15.2. The third-order valence-electron chi connectivity index (χ3n) is 6.21. The quantitative estimate of drug-likeness (QED) is 0.433. The molecule has 0 radical (unpaired) electrons. The number of nitrogens with zero attached hydrogens (tertiary/aromatic N) is 3. The number of amides is 2. The Bertz CT molecular complexity index is 1090. The van der Waals surface area contributed by atoms with E-state index in [2.05, 4.69) is 10.2 Å². The third kappa shape index (κ3) is 2.72. The molecule has 3 saturated heterocycles. The zero-order chi connectivity index (χ0) is 21.0. The number of fused-ring (bicyclic) bond motifs is 5. The van der Waals surface area contributed by atoms with E-state index in [9.17, 15) is 9.59 Å². The highest BCUT2D eigenvalue weighted by Gasteiger charge is 2.71. The smallest absolute Gasteiger partial charge is 0.241 e. The zero-order valence-electron chi connectivity index (χ0n) is 16.5. The molecular weight excluding hydrogens is 398 g/mol. The Morgan fingerprint density at radius 1 is 0.871 bits per heavy atom. The predicted octanol–water partition coefficient (Wildman–Crippen LogP) is 3.29. The molecule has 8 heteroatoms. The molecule has 0 aromatic heterocycles. The summed E-state index contributed by atoms with van der Waals surface area (Å²) < 4.78 is 17.4. The number of rotatable bonds is 4. The molecule has 4 aliphatic rings. The summed E-state index contributed by atoms with van der Waals surface area (Å²) in [6.45, 7) is 0.882. The lowest BCUT2D eigenvalue weighted by atomic mass is 9.76. The minimum absolute atomic E-state index is 0.261. The maximum atomic E-state index is 13.4. The number of benzene rings is 2. The second kappa shape index (κ2) is 6.91. The average molecular weight is 417 g/mol. The lowest BCUT2D eigenvalue weighted by Gasteiger charge is -2.32. The summed E-state index contributed by atoms with van der Waals surface area (Å²) in [6, 6.07) is 16.3. The molecule has 0 saturated carbocycles. The highest BCUT2D eigenvalue weighted by Crippen LogP contribution is 2.55. The Balaban J connectivity index is 1.26. The van der Waals surface area contributed by atoms with Gasteiger partial charge in [0.2, 0.25) is 11.8 Å². The normalized spacial score (nSPS) is 32.0. The van der Waals surface area contributed by atoms with Crippen molar-refractivity contribution in [2.24, 2.45) is 22.1 Å².